The Balaban J connectivity index is 1.48. The van der Waals surface area contributed by atoms with E-state index in [1.54, 1.807) is 0 Å². The van der Waals surface area contributed by atoms with Gasteiger partial charge < -0.3 is 14.8 Å². The van der Waals surface area contributed by atoms with E-state index in [-0.39, 0.29) is 5.60 Å². The van der Waals surface area contributed by atoms with E-state index >= 15 is 0 Å². The van der Waals surface area contributed by atoms with E-state index < -0.39 is 0 Å². The molecule has 0 amide bonds. The molecule has 104 valence electrons. The first-order valence-electron chi connectivity index (χ1n) is 7.55. The van der Waals surface area contributed by atoms with Crippen LogP contribution in [-0.2, 0) is 9.47 Å². The lowest BCUT2D eigenvalue weighted by Gasteiger charge is -2.43. The minimum absolute atomic E-state index is 0.132. The molecule has 1 spiro atoms. The van der Waals surface area contributed by atoms with E-state index in [0.717, 1.165) is 38.6 Å². The Morgan fingerprint density at radius 2 is 1.83 bits per heavy atom. The summed E-state index contributed by atoms with van der Waals surface area (Å²) in [6.45, 7) is 8.63. The van der Waals surface area contributed by atoms with Crippen LogP contribution >= 0.6 is 0 Å². The molecule has 0 aromatic heterocycles. The fourth-order valence-electron chi connectivity index (χ4n) is 3.53. The van der Waals surface area contributed by atoms with Crippen LogP contribution in [0.1, 0.15) is 46.0 Å². The molecule has 3 aliphatic rings. The molecule has 2 aliphatic heterocycles. The molecule has 3 fully saturated rings. The van der Waals surface area contributed by atoms with Crippen LogP contribution in [0.3, 0.4) is 0 Å². The van der Waals surface area contributed by atoms with Crippen LogP contribution in [-0.4, -0.2) is 38.0 Å². The molecule has 0 aromatic rings. The third-order valence-corrected chi connectivity index (χ3v) is 5.27. The highest BCUT2D eigenvalue weighted by atomic mass is 16.5. The fraction of sp³-hybridized carbons (Fsp3) is 1.00. The summed E-state index contributed by atoms with van der Waals surface area (Å²) in [5.41, 5.74) is 0.724. The van der Waals surface area contributed by atoms with Gasteiger partial charge in [0.1, 0.15) is 0 Å². The van der Waals surface area contributed by atoms with E-state index in [9.17, 15) is 0 Å². The first kappa shape index (κ1) is 12.9. The average Bonchev–Trinajstić information content (AvgIpc) is 2.96. The van der Waals surface area contributed by atoms with Gasteiger partial charge in [0.2, 0.25) is 0 Å². The van der Waals surface area contributed by atoms with Crippen LogP contribution in [0.25, 0.3) is 0 Å². The van der Waals surface area contributed by atoms with Gasteiger partial charge in [0.15, 0.2) is 0 Å². The molecule has 2 saturated heterocycles. The van der Waals surface area contributed by atoms with Crippen molar-refractivity contribution in [1.82, 2.24) is 5.32 Å². The topological polar surface area (TPSA) is 30.5 Å². The molecular weight excluding hydrogens is 226 g/mol. The Labute approximate surface area is 111 Å². The van der Waals surface area contributed by atoms with Crippen molar-refractivity contribution in [3.05, 3.63) is 0 Å². The van der Waals surface area contributed by atoms with Crippen molar-refractivity contribution >= 4 is 0 Å². The summed E-state index contributed by atoms with van der Waals surface area (Å²) in [5.74, 6) is 0.894. The van der Waals surface area contributed by atoms with Crippen LogP contribution in [0.5, 0.6) is 0 Å². The molecule has 0 radical (unpaired) electrons. The molecule has 18 heavy (non-hydrogen) atoms. The van der Waals surface area contributed by atoms with Crippen molar-refractivity contribution in [3.63, 3.8) is 0 Å². The second kappa shape index (κ2) is 4.77. The Morgan fingerprint density at radius 1 is 1.11 bits per heavy atom. The van der Waals surface area contributed by atoms with Crippen molar-refractivity contribution in [2.45, 2.75) is 57.6 Å². The maximum absolute atomic E-state index is 6.08. The Bertz CT molecular complexity index is 291. The summed E-state index contributed by atoms with van der Waals surface area (Å²) in [6.07, 6.45) is 5.92. The van der Waals surface area contributed by atoms with Crippen molar-refractivity contribution in [1.29, 1.82) is 0 Å². The number of hydrogen-bond acceptors (Lipinski definition) is 3. The van der Waals surface area contributed by atoms with E-state index in [4.69, 9.17) is 9.47 Å². The number of nitrogens with one attached hydrogen (secondary N) is 1. The van der Waals surface area contributed by atoms with Gasteiger partial charge in [0.05, 0.1) is 5.60 Å². The molecular formula is C15H27NO2. The van der Waals surface area contributed by atoms with Gasteiger partial charge in [0.25, 0.3) is 0 Å². The summed E-state index contributed by atoms with van der Waals surface area (Å²) in [5, 5.41) is 3.79. The summed E-state index contributed by atoms with van der Waals surface area (Å²) in [4.78, 5) is 0. The molecule has 1 saturated carbocycles. The van der Waals surface area contributed by atoms with E-state index in [1.165, 1.54) is 25.8 Å². The van der Waals surface area contributed by atoms with Gasteiger partial charge in [-0.1, -0.05) is 13.8 Å². The summed E-state index contributed by atoms with van der Waals surface area (Å²) < 4.78 is 11.5. The Hall–Kier alpha value is -0.120. The van der Waals surface area contributed by atoms with Crippen LogP contribution in [0, 0.1) is 11.3 Å². The Kier molecular flexibility index (Phi) is 3.41. The highest BCUT2D eigenvalue weighted by Gasteiger charge is 2.46. The van der Waals surface area contributed by atoms with E-state index in [1.807, 2.05) is 0 Å². The molecule has 3 rings (SSSR count). The highest BCUT2D eigenvalue weighted by molar-refractivity contribution is 4.98. The van der Waals surface area contributed by atoms with E-state index in [2.05, 4.69) is 19.2 Å². The van der Waals surface area contributed by atoms with Gasteiger partial charge in [-0.3, -0.25) is 0 Å². The molecule has 1 N–H and O–H groups in total. The molecule has 2 heterocycles. The third kappa shape index (κ3) is 2.73. The number of rotatable bonds is 3. The highest BCUT2D eigenvalue weighted by Crippen LogP contribution is 2.51. The average molecular weight is 253 g/mol. The second-order valence-corrected chi connectivity index (χ2v) is 7.13. The molecule has 1 aliphatic carbocycles. The molecule has 2 atom stereocenters. The van der Waals surface area contributed by atoms with Gasteiger partial charge in [-0.15, -0.1) is 0 Å². The maximum atomic E-state index is 6.08. The van der Waals surface area contributed by atoms with Crippen LogP contribution in [0.2, 0.25) is 0 Å². The largest absolute Gasteiger partial charge is 0.381 e. The molecule has 3 nitrogen and oxygen atoms in total. The lowest BCUT2D eigenvalue weighted by molar-refractivity contribution is -0.140. The van der Waals surface area contributed by atoms with Gasteiger partial charge in [-0.05, 0) is 50.0 Å². The summed E-state index contributed by atoms with van der Waals surface area (Å²) in [6, 6.07) is 0.660. The standard InChI is InChI=1S/C15H27NO2/c1-14(2)9-12(14)11-16-13-3-6-18-15(10-13)4-7-17-8-5-15/h12-13,16H,3-11H2,1-2H3. The molecule has 0 aromatic carbocycles. The first-order chi connectivity index (χ1) is 8.60. The molecule has 0 bridgehead atoms. The first-order valence-corrected chi connectivity index (χ1v) is 7.55. The zero-order valence-corrected chi connectivity index (χ0v) is 11.8. The maximum Gasteiger partial charge on any atom is 0.0741 e. The third-order valence-electron chi connectivity index (χ3n) is 5.27. The van der Waals surface area contributed by atoms with Crippen LogP contribution in [0.15, 0.2) is 0 Å². The predicted octanol–water partition coefficient (Wildman–Crippen LogP) is 2.35. The molecule has 3 heteroatoms. The zero-order chi connectivity index (χ0) is 12.6. The lowest BCUT2D eigenvalue weighted by atomic mass is 9.84. The predicted molar refractivity (Wildman–Crippen MR) is 71.6 cm³/mol. The minimum Gasteiger partial charge on any atom is -0.381 e. The van der Waals surface area contributed by atoms with Crippen molar-refractivity contribution in [2.24, 2.45) is 11.3 Å². The van der Waals surface area contributed by atoms with Gasteiger partial charge >= 0.3 is 0 Å². The smallest absolute Gasteiger partial charge is 0.0741 e. The van der Waals surface area contributed by atoms with Gasteiger partial charge in [-0.2, -0.15) is 0 Å². The molecule has 2 unspecified atom stereocenters. The van der Waals surface area contributed by atoms with Crippen molar-refractivity contribution in [2.75, 3.05) is 26.4 Å². The van der Waals surface area contributed by atoms with Crippen LogP contribution < -0.4 is 5.32 Å². The number of hydrogen-bond donors (Lipinski definition) is 1. The summed E-state index contributed by atoms with van der Waals surface area (Å²) in [7, 11) is 0. The van der Waals surface area contributed by atoms with Gasteiger partial charge in [0, 0.05) is 25.9 Å². The zero-order valence-electron chi connectivity index (χ0n) is 11.8. The quantitative estimate of drug-likeness (QED) is 0.837. The second-order valence-electron chi connectivity index (χ2n) is 7.13. The van der Waals surface area contributed by atoms with Crippen molar-refractivity contribution < 1.29 is 9.47 Å². The van der Waals surface area contributed by atoms with E-state index in [0.29, 0.717) is 11.5 Å². The van der Waals surface area contributed by atoms with Crippen LogP contribution in [0.4, 0.5) is 0 Å². The number of ether oxygens (including phenoxy) is 2. The van der Waals surface area contributed by atoms with Crippen molar-refractivity contribution in [3.8, 4) is 0 Å². The minimum atomic E-state index is 0.132. The normalized spacial score (nSPS) is 37.7. The fourth-order valence-corrected chi connectivity index (χ4v) is 3.53. The summed E-state index contributed by atoms with van der Waals surface area (Å²) >= 11 is 0. The SMILES string of the molecule is CC1(C)CC1CNC1CCOC2(CCOCC2)C1. The Morgan fingerprint density at radius 3 is 2.50 bits per heavy atom. The monoisotopic (exact) mass is 253 g/mol. The lowest BCUT2D eigenvalue weighted by Crippen LogP contribution is -2.50. The van der Waals surface area contributed by atoms with Gasteiger partial charge in [-0.25, -0.2) is 0 Å².